The van der Waals surface area contributed by atoms with Crippen LogP contribution < -0.4 is 0 Å². The highest BCUT2D eigenvalue weighted by Crippen LogP contribution is 2.16. The minimum atomic E-state index is 0.668. The van der Waals surface area contributed by atoms with E-state index in [1.54, 1.807) is 11.9 Å². The molecule has 3 heteroatoms. The number of hydrogen-bond acceptors (Lipinski definition) is 2. The summed E-state index contributed by atoms with van der Waals surface area (Å²) in [5, 5.41) is 8.62. The lowest BCUT2D eigenvalue weighted by atomic mass is 10.1. The molecule has 1 aromatic carbocycles. The van der Waals surface area contributed by atoms with Gasteiger partial charge in [-0.25, -0.2) is 0 Å². The van der Waals surface area contributed by atoms with E-state index in [0.717, 1.165) is 4.47 Å². The number of nitrogens with zero attached hydrogens (tertiary/aromatic N) is 2. The van der Waals surface area contributed by atoms with Gasteiger partial charge in [-0.2, -0.15) is 5.26 Å². The number of aryl methyl sites for hydroxylation is 1. The summed E-state index contributed by atoms with van der Waals surface area (Å²) in [5.74, 6) is 0. The third-order valence-corrected chi connectivity index (χ3v) is 2.38. The maximum Gasteiger partial charge on any atom is 0.179 e. The predicted octanol–water partition coefficient (Wildman–Crippen LogP) is 2.67. The van der Waals surface area contributed by atoms with Crippen molar-refractivity contribution in [2.24, 2.45) is 0 Å². The Morgan fingerprint density at radius 1 is 1.54 bits per heavy atom. The van der Waals surface area contributed by atoms with E-state index in [1.807, 2.05) is 25.1 Å². The second-order valence-corrected chi connectivity index (χ2v) is 3.94. The number of nitriles is 1. The first-order chi connectivity index (χ1) is 6.13. The van der Waals surface area contributed by atoms with Crippen molar-refractivity contribution in [3.63, 3.8) is 0 Å². The summed E-state index contributed by atoms with van der Waals surface area (Å²) >= 11 is 3.41. The van der Waals surface area contributed by atoms with Crippen LogP contribution in [-0.2, 0) is 6.54 Å². The van der Waals surface area contributed by atoms with Gasteiger partial charge < -0.3 is 4.90 Å². The van der Waals surface area contributed by atoms with Crippen molar-refractivity contribution >= 4 is 15.9 Å². The van der Waals surface area contributed by atoms with Gasteiger partial charge in [0.15, 0.2) is 6.19 Å². The van der Waals surface area contributed by atoms with Gasteiger partial charge in [0, 0.05) is 11.5 Å². The van der Waals surface area contributed by atoms with Gasteiger partial charge in [0.05, 0.1) is 6.54 Å². The van der Waals surface area contributed by atoms with Crippen LogP contribution in [-0.4, -0.2) is 11.9 Å². The Labute approximate surface area is 86.9 Å². The van der Waals surface area contributed by atoms with E-state index in [-0.39, 0.29) is 0 Å². The molecule has 0 aliphatic carbocycles. The van der Waals surface area contributed by atoms with E-state index >= 15 is 0 Å². The molecule has 0 unspecified atom stereocenters. The largest absolute Gasteiger partial charge is 0.309 e. The lowest BCUT2D eigenvalue weighted by Crippen LogP contribution is -2.11. The zero-order chi connectivity index (χ0) is 9.84. The Kier molecular flexibility index (Phi) is 3.32. The summed E-state index contributed by atoms with van der Waals surface area (Å²) in [6.45, 7) is 2.72. The first-order valence-corrected chi connectivity index (χ1v) is 4.78. The summed E-state index contributed by atoms with van der Waals surface area (Å²) in [6, 6.07) is 6.10. The average molecular weight is 239 g/mol. The minimum Gasteiger partial charge on any atom is -0.309 e. The molecule has 0 aliphatic heterocycles. The van der Waals surface area contributed by atoms with Gasteiger partial charge in [0.2, 0.25) is 0 Å². The van der Waals surface area contributed by atoms with Crippen molar-refractivity contribution in [3.8, 4) is 6.19 Å². The third-order valence-electron chi connectivity index (χ3n) is 1.89. The van der Waals surface area contributed by atoms with E-state index < -0.39 is 0 Å². The lowest BCUT2D eigenvalue weighted by molar-refractivity contribution is 0.468. The topological polar surface area (TPSA) is 27.0 Å². The van der Waals surface area contributed by atoms with Crippen molar-refractivity contribution in [1.82, 2.24) is 4.90 Å². The van der Waals surface area contributed by atoms with Crippen molar-refractivity contribution in [2.75, 3.05) is 7.05 Å². The van der Waals surface area contributed by atoms with Gasteiger partial charge in [-0.3, -0.25) is 0 Å². The van der Waals surface area contributed by atoms with Crippen LogP contribution in [0.15, 0.2) is 22.7 Å². The molecule has 0 spiro atoms. The molecule has 0 amide bonds. The van der Waals surface area contributed by atoms with Crippen LogP contribution in [0, 0.1) is 18.4 Å². The van der Waals surface area contributed by atoms with Crippen molar-refractivity contribution in [3.05, 3.63) is 33.8 Å². The molecule has 0 saturated carbocycles. The molecule has 68 valence electrons. The molecule has 0 heterocycles. The van der Waals surface area contributed by atoms with E-state index in [9.17, 15) is 0 Å². The zero-order valence-electron chi connectivity index (χ0n) is 7.71. The fourth-order valence-corrected chi connectivity index (χ4v) is 1.51. The highest BCUT2D eigenvalue weighted by atomic mass is 79.9. The van der Waals surface area contributed by atoms with Gasteiger partial charge in [-0.05, 0) is 30.2 Å². The zero-order valence-corrected chi connectivity index (χ0v) is 9.30. The Bertz CT molecular complexity index is 341. The molecular formula is C10H11BrN2. The van der Waals surface area contributed by atoms with Crippen LogP contribution in [0.3, 0.4) is 0 Å². The number of halogens is 1. The van der Waals surface area contributed by atoms with Gasteiger partial charge in [0.1, 0.15) is 0 Å². The minimum absolute atomic E-state index is 0.668. The highest BCUT2D eigenvalue weighted by Gasteiger charge is 2.01. The number of benzene rings is 1. The first kappa shape index (κ1) is 10.1. The molecule has 13 heavy (non-hydrogen) atoms. The van der Waals surface area contributed by atoms with Crippen LogP contribution in [0.1, 0.15) is 11.1 Å². The van der Waals surface area contributed by atoms with Crippen LogP contribution in [0.25, 0.3) is 0 Å². The summed E-state index contributed by atoms with van der Waals surface area (Å²) in [4.78, 5) is 1.61. The van der Waals surface area contributed by atoms with Crippen molar-refractivity contribution < 1.29 is 0 Å². The van der Waals surface area contributed by atoms with Crippen LogP contribution in [0.4, 0.5) is 0 Å². The fraction of sp³-hybridized carbons (Fsp3) is 0.300. The van der Waals surface area contributed by atoms with Crippen LogP contribution in [0.2, 0.25) is 0 Å². The summed E-state index contributed by atoms with van der Waals surface area (Å²) in [6.07, 6.45) is 2.08. The summed E-state index contributed by atoms with van der Waals surface area (Å²) in [7, 11) is 1.78. The van der Waals surface area contributed by atoms with Gasteiger partial charge in [-0.15, -0.1) is 0 Å². The van der Waals surface area contributed by atoms with Crippen molar-refractivity contribution in [1.29, 1.82) is 5.26 Å². The monoisotopic (exact) mass is 238 g/mol. The maximum atomic E-state index is 8.62. The van der Waals surface area contributed by atoms with E-state index in [4.69, 9.17) is 5.26 Å². The Balaban J connectivity index is 2.88. The molecule has 0 radical (unpaired) electrons. The van der Waals surface area contributed by atoms with Crippen LogP contribution >= 0.6 is 15.9 Å². The van der Waals surface area contributed by atoms with Gasteiger partial charge >= 0.3 is 0 Å². The summed E-state index contributed by atoms with van der Waals surface area (Å²) in [5.41, 5.74) is 2.39. The van der Waals surface area contributed by atoms with E-state index in [1.165, 1.54) is 11.1 Å². The predicted molar refractivity (Wildman–Crippen MR) is 56.0 cm³/mol. The molecular weight excluding hydrogens is 228 g/mol. The molecule has 0 aromatic heterocycles. The van der Waals surface area contributed by atoms with Gasteiger partial charge in [0.25, 0.3) is 0 Å². The Morgan fingerprint density at radius 2 is 2.23 bits per heavy atom. The summed E-state index contributed by atoms with van der Waals surface area (Å²) < 4.78 is 1.06. The first-order valence-electron chi connectivity index (χ1n) is 3.99. The molecule has 0 N–H and O–H groups in total. The number of rotatable bonds is 2. The van der Waals surface area contributed by atoms with Gasteiger partial charge in [-0.1, -0.05) is 22.0 Å². The lowest BCUT2D eigenvalue weighted by Gasteiger charge is -2.11. The Hall–Kier alpha value is -1.01. The molecule has 0 bridgehead atoms. The SMILES string of the molecule is Cc1ccc(Br)cc1CN(C)C#N. The third kappa shape index (κ3) is 2.74. The molecule has 1 rings (SSSR count). The van der Waals surface area contributed by atoms with Crippen molar-refractivity contribution in [2.45, 2.75) is 13.5 Å². The standard InChI is InChI=1S/C10H11BrN2/c1-8-3-4-10(11)5-9(8)6-13(2)7-12/h3-5H,6H2,1-2H3. The maximum absolute atomic E-state index is 8.62. The smallest absolute Gasteiger partial charge is 0.179 e. The average Bonchev–Trinajstić information content (AvgIpc) is 2.11. The molecule has 0 atom stereocenters. The molecule has 1 aromatic rings. The van der Waals surface area contributed by atoms with Crippen LogP contribution in [0.5, 0.6) is 0 Å². The van der Waals surface area contributed by atoms with E-state index in [0.29, 0.717) is 6.54 Å². The normalized spacial score (nSPS) is 9.38. The quantitative estimate of drug-likeness (QED) is 0.586. The Morgan fingerprint density at radius 3 is 2.85 bits per heavy atom. The second kappa shape index (κ2) is 4.29. The second-order valence-electron chi connectivity index (χ2n) is 3.03. The molecule has 2 nitrogen and oxygen atoms in total. The molecule has 0 aliphatic rings. The number of hydrogen-bond donors (Lipinski definition) is 0. The highest BCUT2D eigenvalue weighted by molar-refractivity contribution is 9.10. The molecule has 0 fully saturated rings. The fourth-order valence-electron chi connectivity index (χ4n) is 1.10. The molecule has 0 saturated heterocycles. The van der Waals surface area contributed by atoms with E-state index in [2.05, 4.69) is 22.1 Å².